The smallest absolute Gasteiger partial charge is 0.319 e. The van der Waals surface area contributed by atoms with Crippen LogP contribution in [0.5, 0.6) is 11.5 Å². The molecule has 4 aromatic rings. The first kappa shape index (κ1) is 40.6. The quantitative estimate of drug-likeness (QED) is 0.0338. The van der Waals surface area contributed by atoms with Crippen LogP contribution < -0.4 is 19.5 Å². The lowest BCUT2D eigenvalue weighted by molar-refractivity contribution is -0.0608. The van der Waals surface area contributed by atoms with E-state index in [1.807, 2.05) is 31.2 Å². The molecule has 0 spiro atoms. The van der Waals surface area contributed by atoms with Gasteiger partial charge >= 0.3 is 8.32 Å². The Bertz CT molecular complexity index is 1820. The number of hydrogen-bond donors (Lipinski definition) is 1. The molecule has 0 bridgehead atoms. The highest BCUT2D eigenvalue weighted by Crippen LogP contribution is 2.54. The van der Waals surface area contributed by atoms with Crippen molar-refractivity contribution in [3.05, 3.63) is 138 Å². The van der Waals surface area contributed by atoms with Crippen LogP contribution in [-0.4, -0.2) is 65.0 Å². The molecule has 1 saturated carbocycles. The number of fused-ring (bicyclic) bond motifs is 1. The zero-order valence-electron chi connectivity index (χ0n) is 33.2. The molecule has 1 aliphatic heterocycles. The highest BCUT2D eigenvalue weighted by molar-refractivity contribution is 7.00. The number of aliphatic hydroxyl groups is 1. The topological polar surface area (TPSA) is 78.9 Å². The van der Waals surface area contributed by atoms with Crippen LogP contribution in [0.1, 0.15) is 64.5 Å². The summed E-state index contributed by atoms with van der Waals surface area (Å²) in [7, 11) is -1.25. The minimum atomic E-state index is -2.90. The van der Waals surface area contributed by atoms with E-state index in [2.05, 4.69) is 118 Å². The average Bonchev–Trinajstić information content (AvgIpc) is 3.92. The molecule has 0 unspecified atom stereocenters. The molecule has 1 heterocycles. The van der Waals surface area contributed by atoms with Gasteiger partial charge in [-0.1, -0.05) is 117 Å². The molecule has 4 aromatic carbocycles. The van der Waals surface area contributed by atoms with Gasteiger partial charge in [-0.05, 0) is 83.3 Å². The van der Waals surface area contributed by atoms with Crippen molar-refractivity contribution in [2.45, 2.75) is 82.8 Å². The summed E-state index contributed by atoms with van der Waals surface area (Å²) in [5, 5.41) is 13.7. The third-order valence-corrected chi connectivity index (χ3v) is 16.0. The maximum atomic E-state index is 11.5. The van der Waals surface area contributed by atoms with Crippen molar-refractivity contribution in [2.24, 2.45) is 5.92 Å². The highest BCUT2D eigenvalue weighted by Gasteiger charge is 2.64. The number of rotatable bonds is 19. The Morgan fingerprint density at radius 1 is 0.891 bits per heavy atom. The molecule has 1 saturated heterocycles. The summed E-state index contributed by atoms with van der Waals surface area (Å²) in [6, 6.07) is 37.7. The molecule has 2 aliphatic rings. The molecule has 0 aromatic heterocycles. The summed E-state index contributed by atoms with van der Waals surface area (Å²) in [6.07, 6.45) is 4.61. The van der Waals surface area contributed by atoms with Gasteiger partial charge < -0.3 is 33.2 Å². The monoisotopic (exact) mass is 762 g/mol. The van der Waals surface area contributed by atoms with Gasteiger partial charge in [-0.15, -0.1) is 6.58 Å². The molecule has 7 nitrogen and oxygen atoms in total. The first-order valence-corrected chi connectivity index (χ1v) is 21.4. The summed E-state index contributed by atoms with van der Waals surface area (Å²) < 4.78 is 37.3. The van der Waals surface area contributed by atoms with Gasteiger partial charge in [0.1, 0.15) is 30.5 Å². The lowest BCUT2D eigenvalue weighted by Gasteiger charge is -2.43. The lowest BCUT2D eigenvalue weighted by atomic mass is 9.74. The number of methoxy groups -OCH3 is 1. The number of ether oxygens (including phenoxy) is 5. The Labute approximate surface area is 329 Å². The molecule has 8 heteroatoms. The second-order valence-corrected chi connectivity index (χ2v) is 20.2. The van der Waals surface area contributed by atoms with Gasteiger partial charge in [-0.3, -0.25) is 0 Å². The summed E-state index contributed by atoms with van der Waals surface area (Å²) in [6.45, 7) is 14.8. The van der Waals surface area contributed by atoms with Gasteiger partial charge in [0.2, 0.25) is 0 Å². The highest BCUT2D eigenvalue weighted by atomic mass is 28.4. The van der Waals surface area contributed by atoms with Crippen LogP contribution in [0.4, 0.5) is 0 Å². The Kier molecular flexibility index (Phi) is 13.5. The molecule has 4 atom stereocenters. The predicted molar refractivity (Wildman–Crippen MR) is 222 cm³/mol. The minimum Gasteiger partial charge on any atom is -0.534 e. The normalized spacial score (nSPS) is 21.1. The van der Waals surface area contributed by atoms with E-state index in [9.17, 15) is 5.11 Å². The molecular weight excluding hydrogens is 705 g/mol. The largest absolute Gasteiger partial charge is 0.534 e. The van der Waals surface area contributed by atoms with E-state index in [1.54, 1.807) is 7.11 Å². The maximum Gasteiger partial charge on any atom is 0.319 e. The van der Waals surface area contributed by atoms with Crippen LogP contribution in [0.15, 0.2) is 127 Å². The van der Waals surface area contributed by atoms with Gasteiger partial charge in [0, 0.05) is 18.7 Å². The second kappa shape index (κ2) is 18.3. The summed E-state index contributed by atoms with van der Waals surface area (Å²) in [5.74, 6) is 1.51. The minimum absolute atomic E-state index is 0.00187. The van der Waals surface area contributed by atoms with Crippen LogP contribution >= 0.6 is 0 Å². The average molecular weight is 763 g/mol. The SMILES string of the molecule is C=C(C)CC[C@@]12O[C@@H]1C[C@@H](/C(=C/c1ccc(O[Si](c3ccccc3)(c3ccccc3)C(C)(C)C)cc1OCc1ccccc1)COCOCCOC)C[C@@H]2O. The van der Waals surface area contributed by atoms with Crippen molar-refractivity contribution in [3.8, 4) is 11.5 Å². The standard InChI is InChI=1S/C47H58O7Si/c1-35(2)24-25-47-44(48)29-38(30-45(47)53-47)39(33-51-34-50-27-26-49-6)28-37-22-23-40(31-43(37)52-32-36-16-10-7-11-17-36)54-55(46(3,4)5,41-18-12-8-13-19-41)42-20-14-9-15-21-42/h7-23,28,31,38,44-45,48H,1,24-27,29-30,32-34H2,2-6H3/b39-28+/t38-,44-,45+,47-/m0/s1. The first-order chi connectivity index (χ1) is 26.6. The fraction of sp³-hybridized carbons (Fsp3) is 0.404. The number of epoxide rings is 1. The molecule has 55 heavy (non-hydrogen) atoms. The molecule has 1 N–H and O–H groups in total. The molecule has 6 rings (SSSR count). The lowest BCUT2D eigenvalue weighted by Crippen LogP contribution is -2.68. The van der Waals surface area contributed by atoms with Crippen LogP contribution in [-0.2, 0) is 25.6 Å². The zero-order chi connectivity index (χ0) is 38.9. The second-order valence-electron chi connectivity index (χ2n) is 16.0. The van der Waals surface area contributed by atoms with E-state index in [0.29, 0.717) is 38.6 Å². The van der Waals surface area contributed by atoms with E-state index in [4.69, 9.17) is 28.1 Å². The summed E-state index contributed by atoms with van der Waals surface area (Å²) in [4.78, 5) is 0. The van der Waals surface area contributed by atoms with Crippen molar-refractivity contribution in [1.29, 1.82) is 0 Å². The van der Waals surface area contributed by atoms with Crippen LogP contribution in [0.25, 0.3) is 6.08 Å². The summed E-state index contributed by atoms with van der Waals surface area (Å²) in [5.41, 5.74) is 3.67. The first-order valence-electron chi connectivity index (χ1n) is 19.5. The fourth-order valence-corrected chi connectivity index (χ4v) is 12.4. The number of aliphatic hydroxyl groups excluding tert-OH is 1. The van der Waals surface area contributed by atoms with Gasteiger partial charge in [0.05, 0.1) is 32.0 Å². The number of allylic oxidation sites excluding steroid dienone is 1. The molecule has 1 aliphatic carbocycles. The third kappa shape index (κ3) is 9.69. The van der Waals surface area contributed by atoms with Gasteiger partial charge in [0.15, 0.2) is 0 Å². The van der Waals surface area contributed by atoms with Gasteiger partial charge in [0.25, 0.3) is 0 Å². The van der Waals surface area contributed by atoms with Gasteiger partial charge in [-0.25, -0.2) is 0 Å². The Balaban J connectivity index is 1.37. The molecule has 292 valence electrons. The van der Waals surface area contributed by atoms with Crippen molar-refractivity contribution in [3.63, 3.8) is 0 Å². The van der Waals surface area contributed by atoms with E-state index in [0.717, 1.165) is 47.3 Å². The number of hydrogen-bond acceptors (Lipinski definition) is 7. The molecule has 0 amide bonds. The predicted octanol–water partition coefficient (Wildman–Crippen LogP) is 8.49. The van der Waals surface area contributed by atoms with Crippen LogP contribution in [0, 0.1) is 5.92 Å². The van der Waals surface area contributed by atoms with E-state index in [-0.39, 0.29) is 23.9 Å². The van der Waals surface area contributed by atoms with Gasteiger partial charge in [-0.2, -0.15) is 0 Å². The molecular formula is C47H58O7Si. The Morgan fingerprint density at radius 2 is 1.55 bits per heavy atom. The Hall–Kier alpha value is -4.02. The molecule has 2 fully saturated rings. The fourth-order valence-electron chi connectivity index (χ4n) is 7.97. The maximum absolute atomic E-state index is 11.5. The van der Waals surface area contributed by atoms with Crippen molar-refractivity contribution >= 4 is 24.8 Å². The Morgan fingerprint density at radius 3 is 2.15 bits per heavy atom. The summed E-state index contributed by atoms with van der Waals surface area (Å²) >= 11 is 0. The van der Waals surface area contributed by atoms with E-state index < -0.39 is 20.0 Å². The van der Waals surface area contributed by atoms with E-state index in [1.165, 1.54) is 10.4 Å². The van der Waals surface area contributed by atoms with Crippen LogP contribution in [0.3, 0.4) is 0 Å². The zero-order valence-corrected chi connectivity index (χ0v) is 34.2. The van der Waals surface area contributed by atoms with Crippen LogP contribution in [0.2, 0.25) is 5.04 Å². The van der Waals surface area contributed by atoms with Crippen molar-refractivity contribution < 1.29 is 33.2 Å². The third-order valence-electron chi connectivity index (χ3n) is 11.0. The van der Waals surface area contributed by atoms with Crippen molar-refractivity contribution in [1.82, 2.24) is 0 Å². The number of benzene rings is 4. The molecule has 0 radical (unpaired) electrons. The van der Waals surface area contributed by atoms with E-state index >= 15 is 0 Å². The van der Waals surface area contributed by atoms with Crippen molar-refractivity contribution in [2.75, 3.05) is 33.7 Å².